The van der Waals surface area contributed by atoms with E-state index in [1.807, 2.05) is 6.07 Å². The second-order valence-electron chi connectivity index (χ2n) is 7.50. The van der Waals surface area contributed by atoms with Crippen LogP contribution in [-0.2, 0) is 30.8 Å². The van der Waals surface area contributed by atoms with Crippen LogP contribution >= 0.6 is 0 Å². The fourth-order valence-electron chi connectivity index (χ4n) is 3.53. The van der Waals surface area contributed by atoms with E-state index in [0.29, 0.717) is 12.3 Å². The smallest absolute Gasteiger partial charge is 0.258 e. The first kappa shape index (κ1) is 20.8. The summed E-state index contributed by atoms with van der Waals surface area (Å²) in [6.45, 7) is 2.17. The number of nitrogens with one attached hydrogen (secondary N) is 1. The second-order valence-corrected chi connectivity index (χ2v) is 7.50. The topological polar surface area (TPSA) is 71.8 Å². The molecule has 0 saturated heterocycles. The number of hydrogen-bond acceptors (Lipinski definition) is 5. The Bertz CT molecular complexity index is 1110. The van der Waals surface area contributed by atoms with Gasteiger partial charge in [-0.25, -0.2) is 4.39 Å². The maximum Gasteiger partial charge on any atom is 0.258 e. The third-order valence-electron chi connectivity index (χ3n) is 5.20. The molecule has 7 heteroatoms. The summed E-state index contributed by atoms with van der Waals surface area (Å²) in [7, 11) is 0. The number of rotatable bonds is 7. The van der Waals surface area contributed by atoms with Crippen LogP contribution < -0.4 is 15.5 Å². The first-order valence-electron chi connectivity index (χ1n) is 10.1. The van der Waals surface area contributed by atoms with E-state index < -0.39 is 0 Å². The Morgan fingerprint density at radius 1 is 1.13 bits per heavy atom. The molecule has 2 aromatic carbocycles. The van der Waals surface area contributed by atoms with Crippen LogP contribution in [0.25, 0.3) is 0 Å². The SMILES string of the molecule is O=C(COc1coc(CN2CCc3ccccc3C2)cc1=O)NCc1ccc(F)cc1. The van der Waals surface area contributed by atoms with Crippen LogP contribution in [0.5, 0.6) is 5.75 Å². The second kappa shape index (κ2) is 9.57. The lowest BCUT2D eigenvalue weighted by Crippen LogP contribution is -2.30. The molecule has 1 aliphatic rings. The highest BCUT2D eigenvalue weighted by Gasteiger charge is 2.17. The molecule has 0 aliphatic carbocycles. The standard InChI is InChI=1S/C24H23FN2O4/c25-20-7-5-17(6-8-20)12-26-24(29)16-31-23-15-30-21(11-22(23)28)14-27-10-9-18-3-1-2-4-19(18)13-27/h1-8,11,15H,9-10,12-14,16H2,(H,26,29). The molecule has 0 spiro atoms. The number of fused-ring (bicyclic) bond motifs is 1. The summed E-state index contributed by atoms with van der Waals surface area (Å²) in [5.74, 6) is -0.180. The van der Waals surface area contributed by atoms with Gasteiger partial charge in [-0.1, -0.05) is 36.4 Å². The van der Waals surface area contributed by atoms with Crippen molar-refractivity contribution in [2.45, 2.75) is 26.1 Å². The first-order valence-corrected chi connectivity index (χ1v) is 10.1. The molecule has 1 N–H and O–H groups in total. The molecule has 1 amide bonds. The minimum absolute atomic E-state index is 0.00956. The monoisotopic (exact) mass is 422 g/mol. The average molecular weight is 422 g/mol. The number of hydrogen-bond donors (Lipinski definition) is 1. The zero-order valence-corrected chi connectivity index (χ0v) is 17.0. The van der Waals surface area contributed by atoms with Crippen molar-refractivity contribution in [1.82, 2.24) is 10.2 Å². The molecular formula is C24H23FN2O4. The van der Waals surface area contributed by atoms with Gasteiger partial charge in [-0.3, -0.25) is 14.5 Å². The van der Waals surface area contributed by atoms with Crippen molar-refractivity contribution in [3.05, 3.63) is 99.4 Å². The normalized spacial score (nSPS) is 13.5. The average Bonchev–Trinajstić information content (AvgIpc) is 2.78. The number of carbonyl (C=O) groups excluding carboxylic acids is 1. The summed E-state index contributed by atoms with van der Waals surface area (Å²) < 4.78 is 23.8. The molecule has 1 aromatic heterocycles. The van der Waals surface area contributed by atoms with Gasteiger partial charge in [0.1, 0.15) is 17.8 Å². The van der Waals surface area contributed by atoms with Gasteiger partial charge in [0.05, 0.1) is 6.54 Å². The zero-order valence-electron chi connectivity index (χ0n) is 17.0. The van der Waals surface area contributed by atoms with Crippen molar-refractivity contribution in [2.75, 3.05) is 13.2 Å². The largest absolute Gasteiger partial charge is 0.477 e. The Hall–Kier alpha value is -3.45. The quantitative estimate of drug-likeness (QED) is 0.634. The first-order chi connectivity index (χ1) is 15.1. The van der Waals surface area contributed by atoms with Crippen molar-refractivity contribution in [2.24, 2.45) is 0 Å². The van der Waals surface area contributed by atoms with E-state index in [9.17, 15) is 14.0 Å². The third-order valence-corrected chi connectivity index (χ3v) is 5.20. The highest BCUT2D eigenvalue weighted by atomic mass is 19.1. The fraction of sp³-hybridized carbons (Fsp3) is 0.250. The molecule has 0 radical (unpaired) electrons. The van der Waals surface area contributed by atoms with Crippen LogP contribution in [0.3, 0.4) is 0 Å². The Kier molecular flexibility index (Phi) is 6.43. The molecule has 6 nitrogen and oxygen atoms in total. The summed E-state index contributed by atoms with van der Waals surface area (Å²) in [6, 6.07) is 15.6. The van der Waals surface area contributed by atoms with E-state index in [-0.39, 0.29) is 36.1 Å². The molecule has 2 heterocycles. The third kappa shape index (κ3) is 5.58. The van der Waals surface area contributed by atoms with Gasteiger partial charge in [-0.05, 0) is 35.2 Å². The maximum atomic E-state index is 12.9. The number of carbonyl (C=O) groups is 1. The maximum absolute atomic E-state index is 12.9. The molecule has 1 aliphatic heterocycles. The molecular weight excluding hydrogens is 399 g/mol. The number of nitrogens with zero attached hydrogens (tertiary/aromatic N) is 1. The Balaban J connectivity index is 1.27. The van der Waals surface area contributed by atoms with Gasteiger partial charge in [-0.15, -0.1) is 0 Å². The van der Waals surface area contributed by atoms with Gasteiger partial charge in [0.2, 0.25) is 11.2 Å². The molecule has 0 fully saturated rings. The van der Waals surface area contributed by atoms with E-state index in [0.717, 1.165) is 25.1 Å². The van der Waals surface area contributed by atoms with Crippen molar-refractivity contribution in [1.29, 1.82) is 0 Å². The molecule has 160 valence electrons. The molecule has 31 heavy (non-hydrogen) atoms. The lowest BCUT2D eigenvalue weighted by molar-refractivity contribution is -0.123. The highest BCUT2D eigenvalue weighted by Crippen LogP contribution is 2.20. The van der Waals surface area contributed by atoms with E-state index in [4.69, 9.17) is 9.15 Å². The van der Waals surface area contributed by atoms with Gasteiger partial charge >= 0.3 is 0 Å². The van der Waals surface area contributed by atoms with Crippen LogP contribution in [0, 0.1) is 5.82 Å². The van der Waals surface area contributed by atoms with Crippen LogP contribution in [0.4, 0.5) is 4.39 Å². The lowest BCUT2D eigenvalue weighted by atomic mass is 10.00. The van der Waals surface area contributed by atoms with Crippen LogP contribution in [0.1, 0.15) is 22.5 Å². The molecule has 0 bridgehead atoms. The predicted octanol–water partition coefficient (Wildman–Crippen LogP) is 3.03. The number of halogens is 1. The number of benzene rings is 2. The number of ether oxygens (including phenoxy) is 1. The summed E-state index contributed by atoms with van der Waals surface area (Å²) in [5.41, 5.74) is 3.09. The zero-order chi connectivity index (χ0) is 21.6. The summed E-state index contributed by atoms with van der Waals surface area (Å²) in [4.78, 5) is 26.5. The molecule has 0 atom stereocenters. The molecule has 0 unspecified atom stereocenters. The molecule has 4 rings (SSSR count). The Labute approximate surface area is 179 Å². The van der Waals surface area contributed by atoms with Crippen molar-refractivity contribution >= 4 is 5.91 Å². The summed E-state index contributed by atoms with van der Waals surface area (Å²) in [5, 5.41) is 2.66. The Morgan fingerprint density at radius 2 is 1.90 bits per heavy atom. The summed E-state index contributed by atoms with van der Waals surface area (Å²) >= 11 is 0. The van der Waals surface area contributed by atoms with Crippen molar-refractivity contribution in [3.63, 3.8) is 0 Å². The minimum Gasteiger partial charge on any atom is -0.477 e. The van der Waals surface area contributed by atoms with Gasteiger partial charge in [0.25, 0.3) is 5.91 Å². The van der Waals surface area contributed by atoms with Gasteiger partial charge in [-0.2, -0.15) is 0 Å². The van der Waals surface area contributed by atoms with Gasteiger partial charge in [0, 0.05) is 25.7 Å². The Morgan fingerprint density at radius 3 is 2.68 bits per heavy atom. The lowest BCUT2D eigenvalue weighted by Gasteiger charge is -2.28. The van der Waals surface area contributed by atoms with Crippen LogP contribution in [0.15, 0.2) is 70.1 Å². The van der Waals surface area contributed by atoms with E-state index >= 15 is 0 Å². The van der Waals surface area contributed by atoms with Crippen LogP contribution in [0.2, 0.25) is 0 Å². The minimum atomic E-state index is -0.389. The van der Waals surface area contributed by atoms with Gasteiger partial charge < -0.3 is 14.5 Å². The van der Waals surface area contributed by atoms with Crippen molar-refractivity contribution < 1.29 is 18.3 Å². The molecule has 3 aromatic rings. The van der Waals surface area contributed by atoms with Crippen molar-refractivity contribution in [3.8, 4) is 5.75 Å². The van der Waals surface area contributed by atoms with Gasteiger partial charge in [0.15, 0.2) is 6.61 Å². The fourth-order valence-corrected chi connectivity index (χ4v) is 3.53. The van der Waals surface area contributed by atoms with E-state index in [1.165, 1.54) is 35.6 Å². The highest BCUT2D eigenvalue weighted by molar-refractivity contribution is 5.77. The number of amides is 1. The van der Waals surface area contributed by atoms with Crippen LogP contribution in [-0.4, -0.2) is 24.0 Å². The predicted molar refractivity (Wildman–Crippen MR) is 113 cm³/mol. The van der Waals surface area contributed by atoms with E-state index in [1.54, 1.807) is 12.1 Å². The summed E-state index contributed by atoms with van der Waals surface area (Å²) in [6.07, 6.45) is 2.22. The molecule has 0 saturated carbocycles. The van der Waals surface area contributed by atoms with E-state index in [2.05, 4.69) is 28.4 Å².